The number of nitrogens with one attached hydrogen (secondary N) is 2. The Bertz CT molecular complexity index is 952. The number of carbonyl (C=O) groups excluding carboxylic acids is 2. The fraction of sp³-hybridized carbons (Fsp3) is 0.364. The van der Waals surface area contributed by atoms with Crippen molar-refractivity contribution in [3.63, 3.8) is 0 Å². The lowest BCUT2D eigenvalue weighted by Gasteiger charge is -2.18. The van der Waals surface area contributed by atoms with Crippen LogP contribution in [-0.4, -0.2) is 36.4 Å². The van der Waals surface area contributed by atoms with Crippen molar-refractivity contribution >= 4 is 28.9 Å². The van der Waals surface area contributed by atoms with E-state index in [2.05, 4.69) is 10.6 Å². The summed E-state index contributed by atoms with van der Waals surface area (Å²) in [6.07, 6.45) is 1.99. The van der Waals surface area contributed by atoms with E-state index in [4.69, 9.17) is 0 Å². The van der Waals surface area contributed by atoms with Crippen molar-refractivity contribution in [3.8, 4) is 0 Å². The third kappa shape index (κ3) is 4.94. The van der Waals surface area contributed by atoms with Gasteiger partial charge in [0.2, 0.25) is 0 Å². The standard InChI is InChI=1S/C22H26N4O4/c1-15(2)14-23-22(28)17-7-3-4-8-18(17)24-21(27)16-9-10-19(20(13-16)26(29)30)25-11-5-6-12-25/h3-4,7-10,13,15H,5-6,11-12,14H2,1-2H3,(H,23,28)(H,24,27). The number of anilines is 2. The number of amides is 2. The van der Waals surface area contributed by atoms with Crippen LogP contribution in [0, 0.1) is 16.0 Å². The number of hydrogen-bond acceptors (Lipinski definition) is 5. The van der Waals surface area contributed by atoms with E-state index in [1.807, 2.05) is 18.7 Å². The van der Waals surface area contributed by atoms with Crippen LogP contribution in [0.1, 0.15) is 47.4 Å². The molecule has 0 saturated carbocycles. The third-order valence-electron chi connectivity index (χ3n) is 4.97. The zero-order valence-corrected chi connectivity index (χ0v) is 17.2. The average Bonchev–Trinajstić information content (AvgIpc) is 3.26. The molecular formula is C22H26N4O4. The molecule has 0 atom stereocenters. The molecule has 2 N–H and O–H groups in total. The van der Waals surface area contributed by atoms with E-state index in [9.17, 15) is 19.7 Å². The second-order valence-corrected chi connectivity index (χ2v) is 7.76. The summed E-state index contributed by atoms with van der Waals surface area (Å²) in [7, 11) is 0. The molecule has 1 fully saturated rings. The van der Waals surface area contributed by atoms with Gasteiger partial charge in [0.25, 0.3) is 17.5 Å². The van der Waals surface area contributed by atoms with Crippen molar-refractivity contribution in [1.29, 1.82) is 0 Å². The lowest BCUT2D eigenvalue weighted by molar-refractivity contribution is -0.384. The van der Waals surface area contributed by atoms with Gasteiger partial charge in [0.15, 0.2) is 0 Å². The first-order valence-corrected chi connectivity index (χ1v) is 10.1. The fourth-order valence-electron chi connectivity index (χ4n) is 3.41. The molecule has 0 bridgehead atoms. The molecule has 0 aromatic heterocycles. The second-order valence-electron chi connectivity index (χ2n) is 7.76. The number of rotatable bonds is 7. The van der Waals surface area contributed by atoms with Crippen LogP contribution in [0.5, 0.6) is 0 Å². The maximum Gasteiger partial charge on any atom is 0.293 e. The fourth-order valence-corrected chi connectivity index (χ4v) is 3.41. The number of para-hydroxylation sites is 1. The molecule has 30 heavy (non-hydrogen) atoms. The minimum atomic E-state index is -0.504. The van der Waals surface area contributed by atoms with Crippen molar-refractivity contribution in [2.75, 3.05) is 29.9 Å². The van der Waals surface area contributed by atoms with Crippen LogP contribution in [0.4, 0.5) is 17.1 Å². The van der Waals surface area contributed by atoms with Crippen LogP contribution >= 0.6 is 0 Å². The topological polar surface area (TPSA) is 105 Å². The molecule has 1 saturated heterocycles. The van der Waals surface area contributed by atoms with Gasteiger partial charge in [0.05, 0.1) is 16.2 Å². The predicted molar refractivity (Wildman–Crippen MR) is 116 cm³/mol. The summed E-state index contributed by atoms with van der Waals surface area (Å²) in [4.78, 5) is 38.3. The average molecular weight is 410 g/mol. The van der Waals surface area contributed by atoms with Gasteiger partial charge < -0.3 is 15.5 Å². The molecule has 8 nitrogen and oxygen atoms in total. The molecule has 0 unspecified atom stereocenters. The van der Waals surface area contributed by atoms with Gasteiger partial charge >= 0.3 is 0 Å². The van der Waals surface area contributed by atoms with Gasteiger partial charge in [-0.15, -0.1) is 0 Å². The number of carbonyl (C=O) groups is 2. The highest BCUT2D eigenvalue weighted by molar-refractivity contribution is 6.09. The van der Waals surface area contributed by atoms with Gasteiger partial charge in [0.1, 0.15) is 5.69 Å². The summed E-state index contributed by atoms with van der Waals surface area (Å²) in [6, 6.07) is 11.2. The van der Waals surface area contributed by atoms with Crippen LogP contribution in [0.2, 0.25) is 0 Å². The Hall–Kier alpha value is -3.42. The molecule has 2 amide bonds. The van der Waals surface area contributed by atoms with Crippen LogP contribution in [-0.2, 0) is 0 Å². The lowest BCUT2D eigenvalue weighted by atomic mass is 10.1. The first-order chi connectivity index (χ1) is 14.4. The molecule has 8 heteroatoms. The number of hydrogen-bond donors (Lipinski definition) is 2. The van der Waals surface area contributed by atoms with Crippen LogP contribution < -0.4 is 15.5 Å². The van der Waals surface area contributed by atoms with E-state index >= 15 is 0 Å². The summed E-state index contributed by atoms with van der Waals surface area (Å²) in [6.45, 7) is 6.04. The molecule has 3 rings (SSSR count). The van der Waals surface area contributed by atoms with Crippen LogP contribution in [0.25, 0.3) is 0 Å². The number of nitrogens with zero attached hydrogens (tertiary/aromatic N) is 2. The second kappa shape index (κ2) is 9.39. The minimum absolute atomic E-state index is 0.0903. The van der Waals surface area contributed by atoms with Crippen LogP contribution in [0.15, 0.2) is 42.5 Å². The largest absolute Gasteiger partial charge is 0.366 e. The van der Waals surface area contributed by atoms with Crippen molar-refractivity contribution in [2.24, 2.45) is 5.92 Å². The molecule has 0 aliphatic carbocycles. The molecule has 2 aromatic carbocycles. The normalized spacial score (nSPS) is 13.4. The third-order valence-corrected chi connectivity index (χ3v) is 4.97. The summed E-state index contributed by atoms with van der Waals surface area (Å²) < 4.78 is 0. The van der Waals surface area contributed by atoms with Crippen molar-refractivity contribution in [2.45, 2.75) is 26.7 Å². The van der Waals surface area contributed by atoms with E-state index in [0.29, 0.717) is 29.4 Å². The molecule has 0 radical (unpaired) electrons. The highest BCUT2D eigenvalue weighted by Crippen LogP contribution is 2.32. The van der Waals surface area contributed by atoms with E-state index in [1.165, 1.54) is 6.07 Å². The Morgan fingerprint density at radius 1 is 1.10 bits per heavy atom. The summed E-state index contributed by atoms with van der Waals surface area (Å²) in [5.41, 5.74) is 1.31. The number of nitro benzene ring substituents is 1. The number of benzene rings is 2. The van der Waals surface area contributed by atoms with Gasteiger partial charge in [-0.2, -0.15) is 0 Å². The SMILES string of the molecule is CC(C)CNC(=O)c1ccccc1NC(=O)c1ccc(N2CCCC2)c([N+](=O)[O-])c1. The van der Waals surface area contributed by atoms with E-state index in [-0.39, 0.29) is 17.2 Å². The molecule has 1 heterocycles. The van der Waals surface area contributed by atoms with Crippen LogP contribution in [0.3, 0.4) is 0 Å². The van der Waals surface area contributed by atoms with Crippen molar-refractivity contribution in [1.82, 2.24) is 5.32 Å². The van der Waals surface area contributed by atoms with E-state index in [0.717, 1.165) is 25.9 Å². The monoisotopic (exact) mass is 410 g/mol. The zero-order valence-electron chi connectivity index (χ0n) is 17.2. The molecule has 1 aliphatic rings. The quantitative estimate of drug-likeness (QED) is 0.533. The Morgan fingerprint density at radius 2 is 1.80 bits per heavy atom. The Balaban J connectivity index is 1.82. The van der Waals surface area contributed by atoms with Gasteiger partial charge in [0, 0.05) is 31.3 Å². The first kappa shape index (κ1) is 21.3. The van der Waals surface area contributed by atoms with Gasteiger partial charge in [-0.25, -0.2) is 0 Å². The highest BCUT2D eigenvalue weighted by Gasteiger charge is 2.24. The Kier molecular flexibility index (Phi) is 6.66. The predicted octanol–water partition coefficient (Wildman–Crippen LogP) is 3.83. The van der Waals surface area contributed by atoms with E-state index < -0.39 is 10.8 Å². The summed E-state index contributed by atoms with van der Waals surface area (Å²) >= 11 is 0. The molecule has 1 aliphatic heterocycles. The van der Waals surface area contributed by atoms with Crippen molar-refractivity contribution < 1.29 is 14.5 Å². The van der Waals surface area contributed by atoms with Gasteiger partial charge in [-0.1, -0.05) is 26.0 Å². The van der Waals surface area contributed by atoms with Crippen molar-refractivity contribution in [3.05, 3.63) is 63.7 Å². The summed E-state index contributed by atoms with van der Waals surface area (Å²) in [5, 5.41) is 17.1. The Morgan fingerprint density at radius 3 is 2.47 bits per heavy atom. The maximum atomic E-state index is 12.8. The lowest BCUT2D eigenvalue weighted by Crippen LogP contribution is -2.28. The van der Waals surface area contributed by atoms with Gasteiger partial charge in [-0.05, 0) is 43.0 Å². The molecular weight excluding hydrogens is 384 g/mol. The molecule has 0 spiro atoms. The Labute approximate surface area is 175 Å². The van der Waals surface area contributed by atoms with E-state index in [1.54, 1.807) is 36.4 Å². The molecule has 2 aromatic rings. The molecule has 158 valence electrons. The maximum absolute atomic E-state index is 12.8. The smallest absolute Gasteiger partial charge is 0.293 e. The minimum Gasteiger partial charge on any atom is -0.366 e. The van der Waals surface area contributed by atoms with Gasteiger partial charge in [-0.3, -0.25) is 19.7 Å². The highest BCUT2D eigenvalue weighted by atomic mass is 16.6. The first-order valence-electron chi connectivity index (χ1n) is 10.1. The zero-order chi connectivity index (χ0) is 21.7. The number of nitro groups is 1. The summed E-state index contributed by atoms with van der Waals surface area (Å²) in [5.74, 6) is -0.490.